The third kappa shape index (κ3) is 4.17. The van der Waals surface area contributed by atoms with Crippen LogP contribution < -0.4 is 5.32 Å². The van der Waals surface area contributed by atoms with Crippen LogP contribution in [0, 0.1) is 22.0 Å². The Morgan fingerprint density at radius 3 is 2.94 bits per heavy atom. The number of nitro benzene ring substituents is 1. The maximum atomic E-state index is 10.7. The molecule has 0 aromatic heterocycles. The minimum absolute atomic E-state index is 0.0950. The van der Waals surface area contributed by atoms with Crippen LogP contribution in [0.3, 0.4) is 0 Å². The molecule has 1 aromatic carbocycles. The van der Waals surface area contributed by atoms with E-state index in [0.717, 1.165) is 18.5 Å². The van der Waals surface area contributed by atoms with Gasteiger partial charge in [0, 0.05) is 25.6 Å². The van der Waals surface area contributed by atoms with E-state index < -0.39 is 4.92 Å². The average molecular weight is 297 g/mol. The zero-order chi connectivity index (χ0) is 12.7. The average Bonchev–Trinajstić information content (AvgIpc) is 2.30. The summed E-state index contributed by atoms with van der Waals surface area (Å²) in [5, 5.41) is 13.9. The fourth-order valence-electron chi connectivity index (χ4n) is 1.34. The lowest BCUT2D eigenvalue weighted by Crippen LogP contribution is -2.14. The molecule has 0 bridgehead atoms. The van der Waals surface area contributed by atoms with Crippen LogP contribution in [0.5, 0.6) is 0 Å². The summed E-state index contributed by atoms with van der Waals surface area (Å²) in [5.74, 6) is 5.76. The minimum atomic E-state index is -0.393. The highest BCUT2D eigenvalue weighted by Gasteiger charge is 2.13. The fourth-order valence-corrected chi connectivity index (χ4v) is 1.89. The Labute approximate surface area is 109 Å². The van der Waals surface area contributed by atoms with Crippen molar-refractivity contribution < 1.29 is 4.92 Å². The van der Waals surface area contributed by atoms with Gasteiger partial charge in [-0.3, -0.25) is 10.1 Å². The molecule has 1 aromatic rings. The molecular weight excluding hydrogens is 284 g/mol. The Hall–Kier alpha value is -1.38. The number of nitrogens with one attached hydrogen (secondary N) is 1. The summed E-state index contributed by atoms with van der Waals surface area (Å²) in [7, 11) is 0. The number of benzene rings is 1. The van der Waals surface area contributed by atoms with Gasteiger partial charge in [-0.15, -0.1) is 11.8 Å². The van der Waals surface area contributed by atoms with E-state index in [-0.39, 0.29) is 5.69 Å². The van der Waals surface area contributed by atoms with Crippen LogP contribution in [0.25, 0.3) is 0 Å². The van der Waals surface area contributed by atoms with Crippen LogP contribution in [-0.4, -0.2) is 11.5 Å². The molecule has 0 radical (unpaired) electrons. The monoisotopic (exact) mass is 296 g/mol. The lowest BCUT2D eigenvalue weighted by molar-refractivity contribution is -0.385. The summed E-state index contributed by atoms with van der Waals surface area (Å²) in [6.45, 7) is 3.17. The summed E-state index contributed by atoms with van der Waals surface area (Å²) >= 11 is 3.26. The van der Waals surface area contributed by atoms with Crippen molar-refractivity contribution >= 4 is 21.6 Å². The Kier molecular flexibility index (Phi) is 5.67. The zero-order valence-corrected chi connectivity index (χ0v) is 11.1. The summed E-state index contributed by atoms with van der Waals surface area (Å²) in [5.41, 5.74) is 0.973. The normalized spacial score (nSPS) is 9.53. The topological polar surface area (TPSA) is 55.2 Å². The number of nitrogens with zero attached hydrogens (tertiary/aromatic N) is 1. The highest BCUT2D eigenvalue weighted by atomic mass is 79.9. The summed E-state index contributed by atoms with van der Waals surface area (Å²) in [4.78, 5) is 10.3. The Morgan fingerprint density at radius 1 is 1.53 bits per heavy atom. The molecule has 0 aliphatic rings. The van der Waals surface area contributed by atoms with Crippen molar-refractivity contribution in [2.24, 2.45) is 0 Å². The van der Waals surface area contributed by atoms with Crippen LogP contribution in [0.1, 0.15) is 18.9 Å². The van der Waals surface area contributed by atoms with Crippen LogP contribution in [0.2, 0.25) is 0 Å². The van der Waals surface area contributed by atoms with Crippen molar-refractivity contribution in [2.45, 2.75) is 19.9 Å². The SMILES string of the molecule is CC#CCCNCc1cccc([N+](=O)[O-])c1Br. The maximum Gasteiger partial charge on any atom is 0.283 e. The van der Waals surface area contributed by atoms with Gasteiger partial charge in [0.05, 0.1) is 9.40 Å². The minimum Gasteiger partial charge on any atom is -0.312 e. The third-order valence-corrected chi connectivity index (χ3v) is 3.09. The predicted octanol–water partition coefficient (Wildman–Crippen LogP) is 2.86. The summed E-state index contributed by atoms with van der Waals surface area (Å²) in [6, 6.07) is 5.03. The smallest absolute Gasteiger partial charge is 0.283 e. The van der Waals surface area contributed by atoms with Crippen molar-refractivity contribution in [2.75, 3.05) is 6.54 Å². The molecule has 0 fully saturated rings. The molecular formula is C12H13BrN2O2. The van der Waals surface area contributed by atoms with Gasteiger partial charge in [-0.1, -0.05) is 12.1 Å². The molecule has 0 heterocycles. The standard InChI is InChI=1S/C12H13BrN2O2/c1-2-3-4-8-14-9-10-6-5-7-11(12(10)13)15(16)17/h5-7,14H,4,8-9H2,1H3. The largest absolute Gasteiger partial charge is 0.312 e. The van der Waals surface area contributed by atoms with E-state index in [9.17, 15) is 10.1 Å². The molecule has 0 amide bonds. The van der Waals surface area contributed by atoms with Crippen LogP contribution in [-0.2, 0) is 6.54 Å². The highest BCUT2D eigenvalue weighted by Crippen LogP contribution is 2.27. The van der Waals surface area contributed by atoms with Crippen LogP contribution in [0.4, 0.5) is 5.69 Å². The second-order valence-electron chi connectivity index (χ2n) is 3.36. The molecule has 0 spiro atoms. The summed E-state index contributed by atoms with van der Waals surface area (Å²) in [6.07, 6.45) is 0.781. The molecule has 4 nitrogen and oxygen atoms in total. The predicted molar refractivity (Wildman–Crippen MR) is 70.6 cm³/mol. The second kappa shape index (κ2) is 7.05. The highest BCUT2D eigenvalue weighted by molar-refractivity contribution is 9.10. The molecule has 0 atom stereocenters. The second-order valence-corrected chi connectivity index (χ2v) is 4.15. The van der Waals surface area contributed by atoms with Gasteiger partial charge in [-0.25, -0.2) is 0 Å². The first-order valence-electron chi connectivity index (χ1n) is 5.19. The van der Waals surface area contributed by atoms with Gasteiger partial charge in [0.1, 0.15) is 0 Å². The van der Waals surface area contributed by atoms with Crippen molar-refractivity contribution in [1.82, 2.24) is 5.32 Å². The number of rotatable bonds is 5. The van der Waals surface area contributed by atoms with Crippen molar-refractivity contribution in [3.8, 4) is 11.8 Å². The van der Waals surface area contributed by atoms with Crippen LogP contribution in [0.15, 0.2) is 22.7 Å². The lowest BCUT2D eigenvalue weighted by atomic mass is 10.2. The first-order chi connectivity index (χ1) is 8.16. The van der Waals surface area contributed by atoms with E-state index >= 15 is 0 Å². The van der Waals surface area contributed by atoms with E-state index in [2.05, 4.69) is 33.1 Å². The van der Waals surface area contributed by atoms with Crippen molar-refractivity contribution in [3.05, 3.63) is 38.3 Å². The van der Waals surface area contributed by atoms with E-state index in [4.69, 9.17) is 0 Å². The molecule has 90 valence electrons. The fraction of sp³-hybridized carbons (Fsp3) is 0.333. The van der Waals surface area contributed by atoms with Gasteiger partial charge in [0.25, 0.3) is 5.69 Å². The molecule has 1 rings (SSSR count). The van der Waals surface area contributed by atoms with E-state index in [0.29, 0.717) is 11.0 Å². The molecule has 0 aliphatic heterocycles. The number of hydrogen-bond donors (Lipinski definition) is 1. The maximum absolute atomic E-state index is 10.7. The molecule has 0 saturated heterocycles. The number of halogens is 1. The Balaban J connectivity index is 2.61. The van der Waals surface area contributed by atoms with E-state index in [1.807, 2.05) is 6.07 Å². The quantitative estimate of drug-likeness (QED) is 0.393. The third-order valence-electron chi connectivity index (χ3n) is 2.17. The first-order valence-corrected chi connectivity index (χ1v) is 5.98. The molecule has 0 aliphatic carbocycles. The number of hydrogen-bond acceptors (Lipinski definition) is 3. The first kappa shape index (κ1) is 13.7. The Morgan fingerprint density at radius 2 is 2.29 bits per heavy atom. The zero-order valence-electron chi connectivity index (χ0n) is 9.50. The van der Waals surface area contributed by atoms with Gasteiger partial charge >= 0.3 is 0 Å². The number of nitro groups is 1. The van der Waals surface area contributed by atoms with Gasteiger partial charge in [0.15, 0.2) is 0 Å². The molecule has 1 N–H and O–H groups in total. The van der Waals surface area contributed by atoms with Gasteiger partial charge < -0.3 is 5.32 Å². The Bertz CT molecular complexity index is 463. The molecule has 0 saturated carbocycles. The van der Waals surface area contributed by atoms with Gasteiger partial charge in [0.2, 0.25) is 0 Å². The van der Waals surface area contributed by atoms with Gasteiger partial charge in [-0.2, -0.15) is 0 Å². The van der Waals surface area contributed by atoms with Crippen molar-refractivity contribution in [1.29, 1.82) is 0 Å². The van der Waals surface area contributed by atoms with Crippen LogP contribution >= 0.6 is 15.9 Å². The van der Waals surface area contributed by atoms with Crippen molar-refractivity contribution in [3.63, 3.8) is 0 Å². The van der Waals surface area contributed by atoms with E-state index in [1.165, 1.54) is 6.07 Å². The van der Waals surface area contributed by atoms with Gasteiger partial charge in [-0.05, 0) is 28.4 Å². The summed E-state index contributed by atoms with van der Waals surface area (Å²) < 4.78 is 0.541. The molecule has 5 heteroatoms. The van der Waals surface area contributed by atoms with E-state index in [1.54, 1.807) is 13.0 Å². The molecule has 0 unspecified atom stereocenters. The molecule has 17 heavy (non-hydrogen) atoms. The lowest BCUT2D eigenvalue weighted by Gasteiger charge is -2.05.